The molecule has 29 heavy (non-hydrogen) atoms. The van der Waals surface area contributed by atoms with Crippen LogP contribution >= 0.6 is 0 Å². The summed E-state index contributed by atoms with van der Waals surface area (Å²) in [5.74, 6) is -0.0695. The van der Waals surface area contributed by atoms with Crippen molar-refractivity contribution in [2.45, 2.75) is 70.4 Å². The number of fused-ring (bicyclic) bond motifs is 2. The average Bonchev–Trinajstić information content (AvgIpc) is 3.39. The summed E-state index contributed by atoms with van der Waals surface area (Å²) in [4.78, 5) is 41.5. The Kier molecular flexibility index (Phi) is 4.64. The number of benzene rings is 1. The van der Waals surface area contributed by atoms with Crippen LogP contribution in [0.3, 0.4) is 0 Å². The number of hydrogen-bond donors (Lipinski definition) is 0. The molecule has 0 atom stereocenters. The highest BCUT2D eigenvalue weighted by Gasteiger charge is 2.30. The molecule has 0 N–H and O–H groups in total. The Balaban J connectivity index is 1.53. The summed E-state index contributed by atoms with van der Waals surface area (Å²) in [6, 6.07) is 7.93. The number of amides is 1. The molecular weight excluding hydrogens is 366 g/mol. The van der Waals surface area contributed by atoms with Gasteiger partial charge in [-0.1, -0.05) is 37.5 Å². The van der Waals surface area contributed by atoms with Crippen molar-refractivity contribution in [2.75, 3.05) is 11.4 Å². The van der Waals surface area contributed by atoms with Crippen molar-refractivity contribution in [1.29, 1.82) is 0 Å². The van der Waals surface area contributed by atoms with Gasteiger partial charge in [0.25, 0.3) is 5.56 Å². The van der Waals surface area contributed by atoms with Crippen LogP contribution in [-0.4, -0.2) is 21.6 Å². The maximum absolute atomic E-state index is 13.4. The first-order valence-corrected chi connectivity index (χ1v) is 10.9. The van der Waals surface area contributed by atoms with Crippen molar-refractivity contribution < 1.29 is 4.79 Å². The summed E-state index contributed by atoms with van der Waals surface area (Å²) in [6.07, 6.45) is 8.15. The Hall–Kier alpha value is -2.63. The predicted octanol–water partition coefficient (Wildman–Crippen LogP) is 2.59. The number of anilines is 1. The molecule has 2 aromatic rings. The molecular formula is C23H27N3O3. The smallest absolute Gasteiger partial charge is 0.310 e. The Morgan fingerprint density at radius 2 is 1.76 bits per heavy atom. The number of aromatic nitrogens is 2. The summed E-state index contributed by atoms with van der Waals surface area (Å²) >= 11 is 0. The molecule has 0 bridgehead atoms. The fourth-order valence-corrected chi connectivity index (χ4v) is 5.38. The van der Waals surface area contributed by atoms with E-state index in [1.807, 2.05) is 18.2 Å². The molecule has 1 aliphatic heterocycles. The normalized spacial score (nSPS) is 18.7. The molecule has 1 aromatic carbocycles. The fourth-order valence-electron chi connectivity index (χ4n) is 5.38. The van der Waals surface area contributed by atoms with Crippen molar-refractivity contribution >= 4 is 11.6 Å². The number of para-hydroxylation sites is 1. The second-order valence-corrected chi connectivity index (χ2v) is 8.54. The highest BCUT2D eigenvalue weighted by molar-refractivity contribution is 5.95. The summed E-state index contributed by atoms with van der Waals surface area (Å²) in [5.41, 5.74) is 3.26. The largest absolute Gasteiger partial charge is 0.331 e. The van der Waals surface area contributed by atoms with Gasteiger partial charge in [-0.25, -0.2) is 4.79 Å². The van der Waals surface area contributed by atoms with E-state index >= 15 is 0 Å². The molecule has 0 spiro atoms. The third kappa shape index (κ3) is 3.05. The van der Waals surface area contributed by atoms with Crippen molar-refractivity contribution in [3.8, 4) is 0 Å². The van der Waals surface area contributed by atoms with E-state index in [1.165, 1.54) is 10.1 Å². The van der Waals surface area contributed by atoms with E-state index in [0.29, 0.717) is 19.4 Å². The van der Waals surface area contributed by atoms with Gasteiger partial charge in [0.05, 0.1) is 0 Å². The first kappa shape index (κ1) is 18.4. The molecule has 1 fully saturated rings. The molecule has 1 amide bonds. The van der Waals surface area contributed by atoms with E-state index in [4.69, 9.17) is 0 Å². The topological polar surface area (TPSA) is 64.3 Å². The van der Waals surface area contributed by atoms with E-state index in [-0.39, 0.29) is 29.7 Å². The van der Waals surface area contributed by atoms with Crippen LogP contribution in [0.5, 0.6) is 0 Å². The molecule has 0 saturated heterocycles. The highest BCUT2D eigenvalue weighted by Crippen LogP contribution is 2.29. The van der Waals surface area contributed by atoms with Crippen molar-refractivity contribution in [3.63, 3.8) is 0 Å². The average molecular weight is 393 g/mol. The molecule has 0 unspecified atom stereocenters. The van der Waals surface area contributed by atoms with Gasteiger partial charge in [0, 0.05) is 29.5 Å². The van der Waals surface area contributed by atoms with E-state index < -0.39 is 0 Å². The highest BCUT2D eigenvalue weighted by atomic mass is 16.2. The quantitative estimate of drug-likeness (QED) is 0.805. The van der Waals surface area contributed by atoms with Crippen molar-refractivity contribution in [1.82, 2.24) is 9.13 Å². The third-order valence-electron chi connectivity index (χ3n) is 6.85. The number of hydrogen-bond acceptors (Lipinski definition) is 3. The predicted molar refractivity (Wildman–Crippen MR) is 112 cm³/mol. The molecule has 6 heteroatoms. The lowest BCUT2D eigenvalue weighted by Gasteiger charge is -2.26. The second kappa shape index (κ2) is 7.32. The summed E-state index contributed by atoms with van der Waals surface area (Å²) in [5, 5.41) is 0. The Labute approximate surface area is 169 Å². The lowest BCUT2D eigenvalue weighted by atomic mass is 9.95. The lowest BCUT2D eigenvalue weighted by Crippen LogP contribution is -2.47. The SMILES string of the molecule is O=C(Cn1c2c(c(=O)n(C3CCCCC3)c1=O)CCC2)N1CCc2ccccc21. The van der Waals surface area contributed by atoms with Crippen LogP contribution in [0.15, 0.2) is 33.9 Å². The molecule has 2 heterocycles. The number of rotatable bonds is 3. The summed E-state index contributed by atoms with van der Waals surface area (Å²) in [6.45, 7) is 0.667. The fraction of sp³-hybridized carbons (Fsp3) is 0.522. The van der Waals surface area contributed by atoms with Gasteiger partial charge in [-0.15, -0.1) is 0 Å². The van der Waals surface area contributed by atoms with Crippen LogP contribution in [0.2, 0.25) is 0 Å². The van der Waals surface area contributed by atoms with Crippen LogP contribution in [0.4, 0.5) is 5.69 Å². The van der Waals surface area contributed by atoms with Gasteiger partial charge in [-0.3, -0.25) is 18.7 Å². The Bertz CT molecular complexity index is 1080. The monoisotopic (exact) mass is 393 g/mol. The van der Waals surface area contributed by atoms with Gasteiger partial charge in [-0.05, 0) is 50.2 Å². The first-order valence-electron chi connectivity index (χ1n) is 10.9. The Morgan fingerprint density at radius 3 is 2.59 bits per heavy atom. The van der Waals surface area contributed by atoms with Gasteiger partial charge in [0.2, 0.25) is 5.91 Å². The van der Waals surface area contributed by atoms with Crippen LogP contribution in [0.1, 0.15) is 61.4 Å². The minimum atomic E-state index is -0.289. The van der Waals surface area contributed by atoms with Gasteiger partial charge in [0.1, 0.15) is 6.54 Å². The van der Waals surface area contributed by atoms with E-state index in [2.05, 4.69) is 6.07 Å². The molecule has 5 rings (SSSR count). The standard InChI is InChI=1S/C23H27N3O3/c27-21(24-14-13-16-7-4-5-11-19(16)24)15-25-20-12-6-10-18(20)22(28)26(23(25)29)17-8-2-1-3-9-17/h4-5,7,11,17H,1-3,6,8-10,12-15H2. The zero-order valence-corrected chi connectivity index (χ0v) is 16.7. The molecule has 1 aromatic heterocycles. The van der Waals surface area contributed by atoms with E-state index in [1.54, 1.807) is 9.47 Å². The number of carbonyl (C=O) groups is 1. The molecule has 3 aliphatic rings. The maximum Gasteiger partial charge on any atom is 0.331 e. The van der Waals surface area contributed by atoms with Crippen LogP contribution in [0.25, 0.3) is 0 Å². The van der Waals surface area contributed by atoms with Crippen molar-refractivity contribution in [2.24, 2.45) is 0 Å². The number of carbonyl (C=O) groups excluding carboxylic acids is 1. The van der Waals surface area contributed by atoms with E-state index in [0.717, 1.165) is 61.9 Å². The zero-order chi connectivity index (χ0) is 20.0. The van der Waals surface area contributed by atoms with Crippen LogP contribution in [0, 0.1) is 0 Å². The first-order chi connectivity index (χ1) is 14.1. The molecule has 1 saturated carbocycles. The lowest BCUT2D eigenvalue weighted by molar-refractivity contribution is -0.119. The molecule has 2 aliphatic carbocycles. The number of nitrogens with zero attached hydrogens (tertiary/aromatic N) is 3. The second-order valence-electron chi connectivity index (χ2n) is 8.54. The van der Waals surface area contributed by atoms with Crippen molar-refractivity contribution in [3.05, 3.63) is 61.9 Å². The minimum Gasteiger partial charge on any atom is -0.310 e. The summed E-state index contributed by atoms with van der Waals surface area (Å²) < 4.78 is 3.09. The van der Waals surface area contributed by atoms with Crippen LogP contribution in [-0.2, 0) is 30.6 Å². The molecule has 6 nitrogen and oxygen atoms in total. The third-order valence-corrected chi connectivity index (χ3v) is 6.85. The van der Waals surface area contributed by atoms with Crippen LogP contribution < -0.4 is 16.1 Å². The van der Waals surface area contributed by atoms with Gasteiger partial charge in [-0.2, -0.15) is 0 Å². The maximum atomic E-state index is 13.4. The van der Waals surface area contributed by atoms with Gasteiger partial charge in [0.15, 0.2) is 0 Å². The van der Waals surface area contributed by atoms with E-state index in [9.17, 15) is 14.4 Å². The summed E-state index contributed by atoms with van der Waals surface area (Å²) in [7, 11) is 0. The Morgan fingerprint density at radius 1 is 0.966 bits per heavy atom. The zero-order valence-electron chi connectivity index (χ0n) is 16.7. The molecule has 0 radical (unpaired) electrons. The van der Waals surface area contributed by atoms with Gasteiger partial charge < -0.3 is 4.90 Å². The van der Waals surface area contributed by atoms with Gasteiger partial charge >= 0.3 is 5.69 Å². The molecule has 152 valence electrons. The minimum absolute atomic E-state index is 0.0164.